The highest BCUT2D eigenvalue weighted by molar-refractivity contribution is 7.12. The van der Waals surface area contributed by atoms with Crippen molar-refractivity contribution in [2.75, 3.05) is 26.2 Å². The Bertz CT molecular complexity index is 1020. The normalized spacial score (nSPS) is 19.4. The fraction of sp³-hybridized carbons (Fsp3) is 0.571. The molecule has 2 aromatic rings. The second kappa shape index (κ2) is 10.5. The first-order chi connectivity index (χ1) is 16.3. The van der Waals surface area contributed by atoms with Crippen molar-refractivity contribution in [2.45, 2.75) is 72.3 Å². The van der Waals surface area contributed by atoms with E-state index >= 15 is 0 Å². The van der Waals surface area contributed by atoms with Gasteiger partial charge in [0, 0.05) is 28.9 Å². The highest BCUT2D eigenvalue weighted by Crippen LogP contribution is 2.40. The molecule has 1 aromatic heterocycles. The first kappa shape index (κ1) is 24.8. The van der Waals surface area contributed by atoms with Gasteiger partial charge in [0.05, 0.1) is 17.5 Å². The third kappa shape index (κ3) is 5.17. The number of amides is 2. The van der Waals surface area contributed by atoms with Crippen LogP contribution in [0.2, 0.25) is 0 Å². The molecule has 2 amide bonds. The number of para-hydroxylation sites is 1. The molecular formula is C28H38N2O3S. The van der Waals surface area contributed by atoms with Crippen molar-refractivity contribution in [1.82, 2.24) is 9.80 Å². The number of thiophene rings is 1. The summed E-state index contributed by atoms with van der Waals surface area (Å²) in [7, 11) is 0. The van der Waals surface area contributed by atoms with Gasteiger partial charge in [-0.1, -0.05) is 24.6 Å². The zero-order valence-corrected chi connectivity index (χ0v) is 21.9. The first-order valence-electron chi connectivity index (χ1n) is 12.7. The number of likely N-dealkylation sites (tertiary alicyclic amines) is 1. The van der Waals surface area contributed by atoms with Gasteiger partial charge in [0.1, 0.15) is 12.4 Å². The second-order valence-corrected chi connectivity index (χ2v) is 11.6. The van der Waals surface area contributed by atoms with Gasteiger partial charge in [-0.05, 0) is 77.5 Å². The summed E-state index contributed by atoms with van der Waals surface area (Å²) in [6.45, 7) is 10.6. The minimum Gasteiger partial charge on any atom is -0.491 e. The van der Waals surface area contributed by atoms with Gasteiger partial charge in [-0.2, -0.15) is 0 Å². The van der Waals surface area contributed by atoms with Gasteiger partial charge >= 0.3 is 0 Å². The number of fused-ring (bicyclic) bond motifs is 1. The quantitative estimate of drug-likeness (QED) is 0.557. The minimum atomic E-state index is -0.390. The average Bonchev–Trinajstić information content (AvgIpc) is 3.16. The summed E-state index contributed by atoms with van der Waals surface area (Å²) >= 11 is 1.68. The Morgan fingerprint density at radius 3 is 2.47 bits per heavy atom. The maximum atomic E-state index is 14.0. The van der Waals surface area contributed by atoms with Gasteiger partial charge in [-0.25, -0.2) is 0 Å². The zero-order chi connectivity index (χ0) is 24.3. The van der Waals surface area contributed by atoms with Gasteiger partial charge < -0.3 is 14.5 Å². The summed E-state index contributed by atoms with van der Waals surface area (Å²) in [5.74, 6) is 1.30. The van der Waals surface area contributed by atoms with Crippen LogP contribution in [-0.2, 0) is 11.2 Å². The molecule has 1 aromatic carbocycles. The van der Waals surface area contributed by atoms with Crippen LogP contribution in [-0.4, -0.2) is 53.9 Å². The summed E-state index contributed by atoms with van der Waals surface area (Å²) in [6.07, 6.45) is 5.36. The fourth-order valence-electron chi connectivity index (χ4n) is 5.50. The predicted molar refractivity (Wildman–Crippen MR) is 138 cm³/mol. The number of nitrogens with zero attached hydrogens (tertiary/aromatic N) is 2. The largest absolute Gasteiger partial charge is 0.491 e. The summed E-state index contributed by atoms with van der Waals surface area (Å²) in [5, 5.41) is 0. The van der Waals surface area contributed by atoms with Gasteiger partial charge in [0.2, 0.25) is 5.91 Å². The Hall–Kier alpha value is -2.34. The Morgan fingerprint density at radius 2 is 1.79 bits per heavy atom. The lowest BCUT2D eigenvalue weighted by atomic mass is 9.72. The molecule has 2 aliphatic heterocycles. The molecule has 0 radical (unpaired) electrons. The Balaban J connectivity index is 1.52. The molecule has 6 heteroatoms. The van der Waals surface area contributed by atoms with E-state index in [-0.39, 0.29) is 23.3 Å². The molecule has 0 unspecified atom stereocenters. The van der Waals surface area contributed by atoms with Crippen molar-refractivity contribution in [1.29, 1.82) is 0 Å². The van der Waals surface area contributed by atoms with E-state index < -0.39 is 0 Å². The summed E-state index contributed by atoms with van der Waals surface area (Å²) in [5.41, 5.74) is 1.68. The van der Waals surface area contributed by atoms with E-state index in [1.54, 1.807) is 11.3 Å². The van der Waals surface area contributed by atoms with Crippen LogP contribution in [0.1, 0.15) is 71.6 Å². The zero-order valence-electron chi connectivity index (χ0n) is 21.1. The molecule has 1 spiro atoms. The van der Waals surface area contributed by atoms with Crippen molar-refractivity contribution in [2.24, 2.45) is 5.41 Å². The Kier molecular flexibility index (Phi) is 7.66. The molecule has 0 aliphatic carbocycles. The molecule has 0 saturated carbocycles. The highest BCUT2D eigenvalue weighted by atomic mass is 32.1. The number of hydrogen-bond donors (Lipinski definition) is 0. The molecule has 184 valence electrons. The molecule has 4 rings (SSSR count). The lowest BCUT2D eigenvalue weighted by molar-refractivity contribution is -0.148. The number of carbonyl (C=O) groups excluding carboxylic acids is 2. The standard InChI is InChI=1S/C28H38N2O3S/c1-20(2)30-17-18-33-25-11-6-5-9-23(25)10-7-8-12-28(27(30)32)13-15-29(16-14-28)26(31)24-19-21(3)34-22(24)4/h5-6,9,11,19-20H,7-8,10,12-18H2,1-4H3. The van der Waals surface area contributed by atoms with Gasteiger partial charge in [-0.15, -0.1) is 11.3 Å². The van der Waals surface area contributed by atoms with Crippen LogP contribution in [0.3, 0.4) is 0 Å². The lowest BCUT2D eigenvalue weighted by Crippen LogP contribution is -2.53. The number of ether oxygens (including phenoxy) is 1. The topological polar surface area (TPSA) is 49.9 Å². The molecule has 0 atom stereocenters. The molecule has 2 aliphatic rings. The van der Waals surface area contributed by atoms with Crippen LogP contribution in [0.25, 0.3) is 0 Å². The van der Waals surface area contributed by atoms with E-state index in [2.05, 4.69) is 26.0 Å². The fourth-order valence-corrected chi connectivity index (χ4v) is 6.42. The molecule has 0 bridgehead atoms. The van der Waals surface area contributed by atoms with Crippen molar-refractivity contribution in [3.8, 4) is 5.75 Å². The maximum absolute atomic E-state index is 14.0. The second-order valence-electron chi connectivity index (χ2n) is 10.2. The molecule has 34 heavy (non-hydrogen) atoms. The highest BCUT2D eigenvalue weighted by Gasteiger charge is 2.44. The van der Waals surface area contributed by atoms with E-state index in [0.29, 0.717) is 26.2 Å². The van der Waals surface area contributed by atoms with Crippen LogP contribution < -0.4 is 4.74 Å². The monoisotopic (exact) mass is 482 g/mol. The van der Waals surface area contributed by atoms with Crippen LogP contribution in [0.5, 0.6) is 5.75 Å². The summed E-state index contributed by atoms with van der Waals surface area (Å²) < 4.78 is 6.13. The van der Waals surface area contributed by atoms with E-state index in [1.807, 2.05) is 41.8 Å². The number of hydrogen-bond acceptors (Lipinski definition) is 4. The van der Waals surface area contributed by atoms with E-state index in [1.165, 1.54) is 10.4 Å². The third-order valence-electron chi connectivity index (χ3n) is 7.53. The summed E-state index contributed by atoms with van der Waals surface area (Å²) in [4.78, 5) is 33.4. The molecule has 3 heterocycles. The number of rotatable bonds is 2. The average molecular weight is 483 g/mol. The molecule has 0 N–H and O–H groups in total. The van der Waals surface area contributed by atoms with Crippen molar-refractivity contribution in [3.05, 3.63) is 51.2 Å². The molecule has 5 nitrogen and oxygen atoms in total. The number of aryl methyl sites for hydroxylation is 3. The van der Waals surface area contributed by atoms with Gasteiger partial charge in [-0.3, -0.25) is 9.59 Å². The Labute approximate surface area is 208 Å². The number of benzene rings is 1. The maximum Gasteiger partial charge on any atom is 0.254 e. The minimum absolute atomic E-state index is 0.113. The van der Waals surface area contributed by atoms with Gasteiger partial charge in [0.25, 0.3) is 5.91 Å². The van der Waals surface area contributed by atoms with Crippen LogP contribution >= 0.6 is 11.3 Å². The van der Waals surface area contributed by atoms with Crippen molar-refractivity contribution in [3.63, 3.8) is 0 Å². The number of carbonyl (C=O) groups is 2. The molecule has 1 saturated heterocycles. The van der Waals surface area contributed by atoms with Crippen LogP contribution in [0.4, 0.5) is 0 Å². The number of piperidine rings is 1. The van der Waals surface area contributed by atoms with E-state index in [0.717, 1.165) is 54.7 Å². The molecule has 1 fully saturated rings. The molecular weight excluding hydrogens is 444 g/mol. The van der Waals surface area contributed by atoms with Crippen LogP contribution in [0, 0.1) is 19.3 Å². The first-order valence-corrected chi connectivity index (χ1v) is 13.5. The van der Waals surface area contributed by atoms with Crippen molar-refractivity contribution >= 4 is 23.2 Å². The smallest absolute Gasteiger partial charge is 0.254 e. The predicted octanol–water partition coefficient (Wildman–Crippen LogP) is 5.63. The van der Waals surface area contributed by atoms with Crippen molar-refractivity contribution < 1.29 is 14.3 Å². The third-order valence-corrected chi connectivity index (χ3v) is 8.50. The van der Waals surface area contributed by atoms with E-state index in [4.69, 9.17) is 4.74 Å². The Morgan fingerprint density at radius 1 is 1.06 bits per heavy atom. The lowest BCUT2D eigenvalue weighted by Gasteiger charge is -2.44. The summed E-state index contributed by atoms with van der Waals surface area (Å²) in [6, 6.07) is 10.4. The van der Waals surface area contributed by atoms with Crippen LogP contribution in [0.15, 0.2) is 30.3 Å². The van der Waals surface area contributed by atoms with Gasteiger partial charge in [0.15, 0.2) is 0 Å². The van der Waals surface area contributed by atoms with E-state index in [9.17, 15) is 9.59 Å². The SMILES string of the molecule is Cc1cc(C(=O)N2CCC3(CCCCc4ccccc4OCCN(C(C)C)C3=O)CC2)c(C)s1.